The third-order valence-corrected chi connectivity index (χ3v) is 5.67. The molecule has 1 fully saturated rings. The third kappa shape index (κ3) is 4.02. The minimum Gasteiger partial charge on any atom is -0.391 e. The smallest absolute Gasteiger partial charge is 0.244 e. The number of β-amino-alcohol motifs (C(OH)–C–C–N with tert-alkyl or cyclic N) is 1. The molecule has 27 heavy (non-hydrogen) atoms. The number of rotatable bonds is 4. The highest BCUT2D eigenvalue weighted by Gasteiger charge is 2.38. The lowest BCUT2D eigenvalue weighted by Gasteiger charge is -2.24. The topological polar surface area (TPSA) is 82.5 Å². The first-order valence-electron chi connectivity index (χ1n) is 8.63. The summed E-state index contributed by atoms with van der Waals surface area (Å²) in [6, 6.07) is 6.35. The van der Waals surface area contributed by atoms with Gasteiger partial charge in [0, 0.05) is 19.9 Å². The molecule has 0 saturated carbocycles. The Hall–Kier alpha value is -2.69. The van der Waals surface area contributed by atoms with Crippen molar-refractivity contribution in [2.45, 2.75) is 38.5 Å². The van der Waals surface area contributed by atoms with Crippen molar-refractivity contribution in [3.8, 4) is 22.8 Å². The SMILES string of the molecule is C#C[C@H](NC(=O)[C@@H]1C[C@@H](O)CN1C(C)=O)c1ccc(-c2scnc2C)cc1. The van der Waals surface area contributed by atoms with E-state index in [1.807, 2.05) is 31.2 Å². The minimum atomic E-state index is -0.701. The zero-order chi connectivity index (χ0) is 19.6. The Bertz CT molecular complexity index is 885. The summed E-state index contributed by atoms with van der Waals surface area (Å²) in [7, 11) is 0. The average molecular weight is 383 g/mol. The highest BCUT2D eigenvalue weighted by Crippen LogP contribution is 2.28. The summed E-state index contributed by atoms with van der Waals surface area (Å²) in [5.74, 6) is 1.99. The van der Waals surface area contributed by atoms with Gasteiger partial charge < -0.3 is 15.3 Å². The zero-order valence-electron chi connectivity index (χ0n) is 15.2. The second-order valence-corrected chi connectivity index (χ2v) is 7.43. The maximum absolute atomic E-state index is 12.6. The number of amides is 2. The van der Waals surface area contributed by atoms with Crippen LogP contribution >= 0.6 is 11.3 Å². The normalized spacial score (nSPS) is 20.1. The summed E-state index contributed by atoms with van der Waals surface area (Å²) in [6.45, 7) is 3.51. The lowest BCUT2D eigenvalue weighted by Crippen LogP contribution is -2.46. The van der Waals surface area contributed by atoms with Crippen LogP contribution in [0.25, 0.3) is 10.4 Å². The predicted octanol–water partition coefficient (Wildman–Crippen LogP) is 1.89. The van der Waals surface area contributed by atoms with Crippen molar-refractivity contribution in [3.05, 3.63) is 41.0 Å². The van der Waals surface area contributed by atoms with Crippen LogP contribution in [0.2, 0.25) is 0 Å². The third-order valence-electron chi connectivity index (χ3n) is 4.69. The number of thiazole rings is 1. The summed E-state index contributed by atoms with van der Waals surface area (Å²) < 4.78 is 0. The van der Waals surface area contributed by atoms with Gasteiger partial charge >= 0.3 is 0 Å². The Morgan fingerprint density at radius 1 is 1.41 bits per heavy atom. The lowest BCUT2D eigenvalue weighted by atomic mass is 10.0. The van der Waals surface area contributed by atoms with Gasteiger partial charge in [0.05, 0.1) is 22.2 Å². The Morgan fingerprint density at radius 3 is 2.67 bits per heavy atom. The molecule has 6 nitrogen and oxygen atoms in total. The molecule has 7 heteroatoms. The van der Waals surface area contributed by atoms with Crippen LogP contribution in [0.15, 0.2) is 29.8 Å². The van der Waals surface area contributed by atoms with Gasteiger partial charge in [-0.3, -0.25) is 9.59 Å². The Kier molecular flexibility index (Phi) is 5.59. The van der Waals surface area contributed by atoms with Gasteiger partial charge in [0.2, 0.25) is 11.8 Å². The summed E-state index contributed by atoms with van der Waals surface area (Å²) in [6.07, 6.45) is 5.14. The number of carbonyl (C=O) groups excluding carboxylic acids is 2. The first-order chi connectivity index (χ1) is 12.9. The number of aliphatic hydroxyl groups is 1. The number of aryl methyl sites for hydroxylation is 1. The molecule has 1 aromatic carbocycles. The van der Waals surface area contributed by atoms with E-state index in [0.29, 0.717) is 0 Å². The van der Waals surface area contributed by atoms with E-state index in [-0.39, 0.29) is 24.8 Å². The lowest BCUT2D eigenvalue weighted by molar-refractivity contribution is -0.137. The number of benzene rings is 1. The number of hydrogen-bond acceptors (Lipinski definition) is 5. The van der Waals surface area contributed by atoms with Crippen molar-refractivity contribution in [1.82, 2.24) is 15.2 Å². The molecule has 2 amide bonds. The van der Waals surface area contributed by atoms with Gasteiger partial charge in [-0.2, -0.15) is 0 Å². The number of nitrogens with one attached hydrogen (secondary N) is 1. The molecule has 0 aliphatic carbocycles. The molecule has 0 bridgehead atoms. The fourth-order valence-corrected chi connectivity index (χ4v) is 4.09. The van der Waals surface area contributed by atoms with E-state index < -0.39 is 18.2 Å². The number of hydrogen-bond donors (Lipinski definition) is 2. The van der Waals surface area contributed by atoms with Crippen molar-refractivity contribution in [3.63, 3.8) is 0 Å². The molecule has 3 rings (SSSR count). The van der Waals surface area contributed by atoms with Gasteiger partial charge in [-0.25, -0.2) is 4.98 Å². The van der Waals surface area contributed by atoms with Crippen LogP contribution in [0.5, 0.6) is 0 Å². The standard InChI is InChI=1S/C20H21N3O3S/c1-4-17(22-20(26)18-9-16(25)10-23(18)13(3)24)14-5-7-15(8-6-14)19-12(2)21-11-27-19/h1,5-8,11,16-18,25H,9-10H2,2-3H3,(H,22,26)/t16-,17+,18+/m1/s1. The number of carbonyl (C=O) groups is 2. The molecular formula is C20H21N3O3S. The van der Waals surface area contributed by atoms with Gasteiger partial charge in [-0.1, -0.05) is 30.2 Å². The van der Waals surface area contributed by atoms with Crippen LogP contribution in [-0.2, 0) is 9.59 Å². The quantitative estimate of drug-likeness (QED) is 0.790. The largest absolute Gasteiger partial charge is 0.391 e. The maximum Gasteiger partial charge on any atom is 0.244 e. The molecule has 1 aliphatic heterocycles. The van der Waals surface area contributed by atoms with Gasteiger partial charge in [0.15, 0.2) is 0 Å². The van der Waals surface area contributed by atoms with E-state index in [0.717, 1.165) is 21.7 Å². The van der Waals surface area contributed by atoms with E-state index in [4.69, 9.17) is 6.42 Å². The predicted molar refractivity (Wildman–Crippen MR) is 104 cm³/mol. The van der Waals surface area contributed by atoms with Crippen LogP contribution in [0.1, 0.15) is 30.6 Å². The molecule has 2 heterocycles. The van der Waals surface area contributed by atoms with Crippen LogP contribution in [-0.4, -0.2) is 45.5 Å². The van der Waals surface area contributed by atoms with Gasteiger partial charge in [-0.05, 0) is 18.1 Å². The van der Waals surface area contributed by atoms with Crippen LogP contribution < -0.4 is 5.32 Å². The van der Waals surface area contributed by atoms with Gasteiger partial charge in [0.1, 0.15) is 12.1 Å². The Balaban J connectivity index is 1.74. The van der Waals surface area contributed by atoms with Gasteiger partial charge in [-0.15, -0.1) is 17.8 Å². The van der Waals surface area contributed by atoms with Crippen molar-refractivity contribution in [2.24, 2.45) is 0 Å². The first kappa shape index (κ1) is 19.1. The van der Waals surface area contributed by atoms with Crippen molar-refractivity contribution in [2.75, 3.05) is 6.54 Å². The molecule has 3 atom stereocenters. The average Bonchev–Trinajstić information content (AvgIpc) is 3.25. The second-order valence-electron chi connectivity index (χ2n) is 6.57. The molecule has 2 N–H and O–H groups in total. The highest BCUT2D eigenvalue weighted by atomic mass is 32.1. The molecule has 1 aromatic heterocycles. The van der Waals surface area contributed by atoms with Crippen LogP contribution in [0, 0.1) is 19.3 Å². The maximum atomic E-state index is 12.6. The number of terminal acetylenes is 1. The van der Waals surface area contributed by atoms with E-state index in [1.165, 1.54) is 11.8 Å². The summed E-state index contributed by atoms with van der Waals surface area (Å²) >= 11 is 1.57. The minimum absolute atomic E-state index is 0.164. The molecule has 140 valence electrons. The van der Waals surface area contributed by atoms with E-state index in [9.17, 15) is 14.7 Å². The van der Waals surface area contributed by atoms with Gasteiger partial charge in [0.25, 0.3) is 0 Å². The molecule has 0 radical (unpaired) electrons. The summed E-state index contributed by atoms with van der Waals surface area (Å²) in [5.41, 5.74) is 4.60. The van der Waals surface area contributed by atoms with Crippen molar-refractivity contribution < 1.29 is 14.7 Å². The number of aromatic nitrogens is 1. The molecule has 0 spiro atoms. The Labute approximate surface area is 162 Å². The monoisotopic (exact) mass is 383 g/mol. The van der Waals surface area contributed by atoms with Crippen LogP contribution in [0.4, 0.5) is 0 Å². The summed E-state index contributed by atoms with van der Waals surface area (Å²) in [5, 5.41) is 12.6. The highest BCUT2D eigenvalue weighted by molar-refractivity contribution is 7.13. The molecule has 0 unspecified atom stereocenters. The molecule has 1 saturated heterocycles. The van der Waals surface area contributed by atoms with E-state index in [2.05, 4.69) is 16.2 Å². The number of nitrogens with zero attached hydrogens (tertiary/aromatic N) is 2. The van der Waals surface area contributed by atoms with E-state index >= 15 is 0 Å². The molecular weight excluding hydrogens is 362 g/mol. The number of aliphatic hydroxyl groups excluding tert-OH is 1. The fourth-order valence-electron chi connectivity index (χ4n) is 3.28. The Morgan fingerprint density at radius 2 is 2.11 bits per heavy atom. The second kappa shape index (κ2) is 7.91. The van der Waals surface area contributed by atoms with E-state index in [1.54, 1.807) is 16.8 Å². The zero-order valence-corrected chi connectivity index (χ0v) is 16.0. The molecule has 2 aromatic rings. The first-order valence-corrected chi connectivity index (χ1v) is 9.51. The fraction of sp³-hybridized carbons (Fsp3) is 0.350. The van der Waals surface area contributed by atoms with Crippen molar-refractivity contribution >= 4 is 23.2 Å². The molecule has 1 aliphatic rings. The number of likely N-dealkylation sites (tertiary alicyclic amines) is 1. The summed E-state index contributed by atoms with van der Waals surface area (Å²) in [4.78, 5) is 31.1. The van der Waals surface area contributed by atoms with Crippen LogP contribution in [0.3, 0.4) is 0 Å². The van der Waals surface area contributed by atoms with Crippen molar-refractivity contribution in [1.29, 1.82) is 0 Å².